The van der Waals surface area contributed by atoms with E-state index in [2.05, 4.69) is 21.6 Å². The van der Waals surface area contributed by atoms with E-state index in [-0.39, 0.29) is 25.3 Å². The zero-order chi connectivity index (χ0) is 22.1. The first-order chi connectivity index (χ1) is 14.5. The molecule has 1 aliphatic heterocycles. The molecule has 8 nitrogen and oxygen atoms in total. The van der Waals surface area contributed by atoms with Gasteiger partial charge in [-0.1, -0.05) is 62.6 Å². The summed E-state index contributed by atoms with van der Waals surface area (Å²) >= 11 is 0. The van der Waals surface area contributed by atoms with E-state index in [1.807, 2.05) is 31.2 Å². The molecule has 0 saturated carbocycles. The van der Waals surface area contributed by atoms with Crippen LogP contribution in [0, 0.1) is 0 Å². The van der Waals surface area contributed by atoms with Crippen LogP contribution in [0.1, 0.15) is 64.7 Å². The number of phosphoric ester groups is 1. The summed E-state index contributed by atoms with van der Waals surface area (Å²) in [6, 6.07) is 0. The highest BCUT2D eigenvalue weighted by Crippen LogP contribution is 2.49. The van der Waals surface area contributed by atoms with Crippen molar-refractivity contribution in [1.82, 2.24) is 0 Å². The van der Waals surface area contributed by atoms with Gasteiger partial charge < -0.3 is 9.63 Å². The van der Waals surface area contributed by atoms with Crippen molar-refractivity contribution in [3.05, 3.63) is 36.5 Å². The molecule has 0 bridgehead atoms. The Morgan fingerprint density at radius 2 is 1.93 bits per heavy atom. The Kier molecular flexibility index (Phi) is 14.6. The van der Waals surface area contributed by atoms with Gasteiger partial charge in [-0.25, -0.2) is 9.45 Å². The van der Waals surface area contributed by atoms with Gasteiger partial charge >= 0.3 is 13.8 Å². The van der Waals surface area contributed by atoms with Crippen molar-refractivity contribution in [3.63, 3.8) is 0 Å². The zero-order valence-corrected chi connectivity index (χ0v) is 18.6. The lowest BCUT2D eigenvalue weighted by Gasteiger charge is -2.08. The van der Waals surface area contributed by atoms with Crippen LogP contribution in [0.5, 0.6) is 0 Å². The number of hydrogen-bond acceptors (Lipinski definition) is 7. The van der Waals surface area contributed by atoms with Gasteiger partial charge in [0.15, 0.2) is 0 Å². The van der Waals surface area contributed by atoms with E-state index < -0.39 is 13.9 Å². The molecule has 9 heteroatoms. The molecule has 0 radical (unpaired) electrons. The molecule has 172 valence electrons. The number of phosphoric acid groups is 1. The van der Waals surface area contributed by atoms with Crippen molar-refractivity contribution in [1.29, 1.82) is 0 Å². The summed E-state index contributed by atoms with van der Waals surface area (Å²) in [6.07, 6.45) is 19.1. The zero-order valence-electron chi connectivity index (χ0n) is 17.7. The number of carbonyl (C=O) groups excluding carboxylic acids is 1. The molecule has 30 heavy (non-hydrogen) atoms. The second kappa shape index (κ2) is 16.4. The first-order valence-electron chi connectivity index (χ1n) is 10.6. The van der Waals surface area contributed by atoms with Crippen molar-refractivity contribution in [2.45, 2.75) is 76.9 Å². The third-order valence-electron chi connectivity index (χ3n) is 4.44. The molecular formula is C21H35O8P. The third kappa shape index (κ3) is 13.9. The smallest absolute Gasteiger partial charge is 0.463 e. The van der Waals surface area contributed by atoms with Gasteiger partial charge in [-0.15, -0.1) is 0 Å². The number of allylic oxidation sites excluding steroid dienone is 5. The van der Waals surface area contributed by atoms with Crippen molar-refractivity contribution < 1.29 is 38.2 Å². The lowest BCUT2D eigenvalue weighted by atomic mass is 10.1. The Morgan fingerprint density at radius 3 is 2.63 bits per heavy atom. The van der Waals surface area contributed by atoms with Gasteiger partial charge in [0.2, 0.25) is 0 Å². The van der Waals surface area contributed by atoms with Crippen molar-refractivity contribution in [2.24, 2.45) is 0 Å². The maximum Gasteiger partial charge on any atom is 0.472 e. The van der Waals surface area contributed by atoms with Gasteiger partial charge in [0.05, 0.1) is 6.61 Å². The Labute approximate surface area is 179 Å². The molecule has 1 heterocycles. The second-order valence-electron chi connectivity index (χ2n) is 7.05. The van der Waals surface area contributed by atoms with Crippen LogP contribution in [-0.2, 0) is 28.0 Å². The number of hydrogen-bond donors (Lipinski definition) is 2. The Hall–Kier alpha value is -1.28. The molecule has 0 aliphatic carbocycles. The van der Waals surface area contributed by atoms with E-state index in [9.17, 15) is 9.36 Å². The number of esters is 1. The minimum absolute atomic E-state index is 0.0394. The number of unbranched alkanes of at least 4 members (excludes halogenated alkanes) is 5. The van der Waals surface area contributed by atoms with Crippen LogP contribution in [0.25, 0.3) is 0 Å². The molecule has 1 saturated heterocycles. The van der Waals surface area contributed by atoms with Crippen LogP contribution in [0.4, 0.5) is 0 Å². The summed E-state index contributed by atoms with van der Waals surface area (Å²) in [5.74, 6) is -0.321. The number of rotatable bonds is 16. The molecule has 0 aromatic carbocycles. The number of ether oxygens (including phenoxy) is 1. The first-order valence-corrected chi connectivity index (χ1v) is 12.1. The van der Waals surface area contributed by atoms with Crippen LogP contribution in [0.2, 0.25) is 0 Å². The number of carbonyl (C=O) groups is 1. The molecular weight excluding hydrogens is 411 g/mol. The van der Waals surface area contributed by atoms with E-state index in [0.29, 0.717) is 6.42 Å². The maximum atomic E-state index is 11.6. The fourth-order valence-corrected chi connectivity index (χ4v) is 3.62. The lowest BCUT2D eigenvalue weighted by Crippen LogP contribution is -2.20. The minimum atomic E-state index is -3.93. The molecule has 0 amide bonds. The highest BCUT2D eigenvalue weighted by Gasteiger charge is 2.35. The first kappa shape index (κ1) is 26.8. The van der Waals surface area contributed by atoms with E-state index >= 15 is 0 Å². The SMILES string of the molecule is CCC(/C=C/C=C\C/C=C\CCCCCCCC(=O)OCC1COP(=O)(O)O1)OO. The predicted octanol–water partition coefficient (Wildman–Crippen LogP) is 5.10. The molecule has 0 aromatic heterocycles. The molecule has 0 aromatic rings. The van der Waals surface area contributed by atoms with E-state index in [1.165, 1.54) is 0 Å². The Morgan fingerprint density at radius 1 is 1.17 bits per heavy atom. The van der Waals surface area contributed by atoms with Crippen LogP contribution in [0.15, 0.2) is 36.5 Å². The summed E-state index contributed by atoms with van der Waals surface area (Å²) in [7, 11) is -3.93. The second-order valence-corrected chi connectivity index (χ2v) is 8.46. The quantitative estimate of drug-likeness (QED) is 0.0640. The van der Waals surface area contributed by atoms with E-state index in [1.54, 1.807) is 0 Å². The molecule has 1 rings (SSSR count). The molecule has 0 spiro atoms. The topological polar surface area (TPSA) is 112 Å². The summed E-state index contributed by atoms with van der Waals surface area (Å²) < 4.78 is 25.4. The Bertz CT molecular complexity index is 598. The van der Waals surface area contributed by atoms with Crippen molar-refractivity contribution >= 4 is 13.8 Å². The maximum absolute atomic E-state index is 11.6. The molecule has 1 fully saturated rings. The molecule has 1 aliphatic rings. The largest absolute Gasteiger partial charge is 0.472 e. The summed E-state index contributed by atoms with van der Waals surface area (Å²) in [4.78, 5) is 25.0. The van der Waals surface area contributed by atoms with Gasteiger partial charge in [0.25, 0.3) is 0 Å². The van der Waals surface area contributed by atoms with Gasteiger partial charge in [0.1, 0.15) is 18.8 Å². The monoisotopic (exact) mass is 446 g/mol. The lowest BCUT2D eigenvalue weighted by molar-refractivity contribution is -0.266. The molecule has 3 unspecified atom stereocenters. The summed E-state index contributed by atoms with van der Waals surface area (Å²) in [6.45, 7) is 1.84. The standard InChI is InChI=1S/C21H35O8P/c1-2-19(28-23)15-13-11-9-7-5-3-4-6-8-10-12-14-16-21(22)26-17-20-18-27-30(24,25)29-20/h3,5,9,11,13,15,19-20,23H,2,4,6-8,10,12,14,16-18H2,1H3,(H,24,25)/b5-3-,11-9-,15-13+. The van der Waals surface area contributed by atoms with Crippen LogP contribution < -0.4 is 0 Å². The third-order valence-corrected chi connectivity index (χ3v) is 5.48. The Balaban J connectivity index is 1.90. The average molecular weight is 446 g/mol. The van der Waals surface area contributed by atoms with Crippen molar-refractivity contribution in [2.75, 3.05) is 13.2 Å². The summed E-state index contributed by atoms with van der Waals surface area (Å²) in [5.41, 5.74) is 0. The van der Waals surface area contributed by atoms with E-state index in [4.69, 9.17) is 19.4 Å². The average Bonchev–Trinajstić information content (AvgIpc) is 3.08. The summed E-state index contributed by atoms with van der Waals surface area (Å²) in [5, 5.41) is 8.59. The normalized spacial score (nSPS) is 23.1. The minimum Gasteiger partial charge on any atom is -0.463 e. The van der Waals surface area contributed by atoms with Crippen LogP contribution in [-0.4, -0.2) is 41.5 Å². The predicted molar refractivity (Wildman–Crippen MR) is 114 cm³/mol. The van der Waals surface area contributed by atoms with Crippen LogP contribution in [0.3, 0.4) is 0 Å². The fourth-order valence-electron chi connectivity index (χ4n) is 2.71. The molecule has 3 atom stereocenters. The highest BCUT2D eigenvalue weighted by atomic mass is 31.2. The van der Waals surface area contributed by atoms with Crippen molar-refractivity contribution in [3.8, 4) is 0 Å². The molecule has 2 N–H and O–H groups in total. The van der Waals surface area contributed by atoms with Crippen LogP contribution >= 0.6 is 7.82 Å². The highest BCUT2D eigenvalue weighted by molar-refractivity contribution is 7.47. The van der Waals surface area contributed by atoms with Gasteiger partial charge in [-0.3, -0.25) is 19.1 Å². The fraction of sp³-hybridized carbons (Fsp3) is 0.667. The van der Waals surface area contributed by atoms with Gasteiger partial charge in [-0.05, 0) is 32.1 Å². The van der Waals surface area contributed by atoms with Gasteiger partial charge in [-0.2, -0.15) is 0 Å². The van der Waals surface area contributed by atoms with Gasteiger partial charge in [0, 0.05) is 6.42 Å². The van der Waals surface area contributed by atoms with E-state index in [0.717, 1.165) is 51.4 Å².